The first-order chi connectivity index (χ1) is 19.9. The summed E-state index contributed by atoms with van der Waals surface area (Å²) in [5.74, 6) is -0.202. The van der Waals surface area contributed by atoms with E-state index >= 15 is 0 Å². The number of rotatable bonds is 6. The van der Waals surface area contributed by atoms with Gasteiger partial charge in [0.05, 0.1) is 11.7 Å². The molecule has 6 nitrogen and oxygen atoms in total. The van der Waals surface area contributed by atoms with Crippen molar-refractivity contribution in [2.75, 3.05) is 7.05 Å². The molecule has 5 rings (SSSR count). The van der Waals surface area contributed by atoms with Crippen LogP contribution in [0.3, 0.4) is 0 Å². The Morgan fingerprint density at radius 2 is 1.37 bits per heavy atom. The molecule has 1 fully saturated rings. The Labute approximate surface area is 241 Å². The molecule has 1 heterocycles. The van der Waals surface area contributed by atoms with Crippen LogP contribution in [0, 0.1) is 13.8 Å². The molecule has 0 aromatic heterocycles. The summed E-state index contributed by atoms with van der Waals surface area (Å²) in [4.78, 5) is 34.9. The zero-order valence-electron chi connectivity index (χ0n) is 23.5. The number of ether oxygens (including phenoxy) is 1. The predicted molar refractivity (Wildman–Crippen MR) is 162 cm³/mol. The van der Waals surface area contributed by atoms with Crippen LogP contribution >= 0.6 is 0 Å². The van der Waals surface area contributed by atoms with Crippen molar-refractivity contribution in [1.29, 1.82) is 0 Å². The van der Waals surface area contributed by atoms with Crippen LogP contribution < -0.4 is 0 Å². The van der Waals surface area contributed by atoms with Gasteiger partial charge in [-0.25, -0.2) is 9.69 Å². The van der Waals surface area contributed by atoms with Gasteiger partial charge in [-0.05, 0) is 55.2 Å². The molecule has 0 saturated carbocycles. The molecule has 0 aliphatic carbocycles. The number of aliphatic imine (C=N–C) groups is 1. The predicted octanol–water partition coefficient (Wildman–Crippen LogP) is 7.04. The fourth-order valence-electron chi connectivity index (χ4n) is 4.78. The topological polar surface area (TPSA) is 62.2 Å². The molecular weight excluding hydrogens is 510 g/mol. The quantitative estimate of drug-likeness (QED) is 0.262. The van der Waals surface area contributed by atoms with Crippen molar-refractivity contribution >= 4 is 24.0 Å². The van der Waals surface area contributed by atoms with Crippen LogP contribution in [0.2, 0.25) is 0 Å². The molecule has 4 aromatic carbocycles. The maximum Gasteiger partial charge on any atom is 0.421 e. The molecule has 1 atom stereocenters. The molecule has 4 aromatic rings. The van der Waals surface area contributed by atoms with Gasteiger partial charge in [0, 0.05) is 12.6 Å². The molecule has 0 radical (unpaired) electrons. The minimum Gasteiger partial charge on any atom is -0.444 e. The number of amides is 2. The van der Waals surface area contributed by atoms with E-state index in [2.05, 4.69) is 36.2 Å². The average Bonchev–Trinajstić information content (AvgIpc) is 3.24. The number of hydrogen-bond donors (Lipinski definition) is 0. The molecule has 1 aliphatic rings. The minimum atomic E-state index is -0.593. The first kappa shape index (κ1) is 27.6. The number of guanidine groups is 1. The number of hydrogen-bond acceptors (Lipinski definition) is 3. The van der Waals surface area contributed by atoms with E-state index in [1.165, 1.54) is 10.5 Å². The number of carbonyl (C=O) groups excluding carboxylic acids is 2. The third-order valence-corrected chi connectivity index (χ3v) is 7.13. The van der Waals surface area contributed by atoms with E-state index in [4.69, 9.17) is 4.74 Å². The highest BCUT2D eigenvalue weighted by atomic mass is 16.6. The lowest BCUT2D eigenvalue weighted by atomic mass is 10.0. The van der Waals surface area contributed by atoms with Gasteiger partial charge in [0.15, 0.2) is 0 Å². The van der Waals surface area contributed by atoms with Gasteiger partial charge in [0.1, 0.15) is 6.61 Å². The second-order valence-corrected chi connectivity index (χ2v) is 10.3. The smallest absolute Gasteiger partial charge is 0.421 e. The first-order valence-electron chi connectivity index (χ1n) is 13.6. The molecule has 1 aliphatic heterocycles. The van der Waals surface area contributed by atoms with Crippen molar-refractivity contribution in [2.45, 2.75) is 32.9 Å². The molecule has 1 unspecified atom stereocenters. The summed E-state index contributed by atoms with van der Waals surface area (Å²) < 4.78 is 5.81. The second kappa shape index (κ2) is 12.5. The van der Waals surface area contributed by atoms with E-state index < -0.39 is 12.0 Å². The number of carbonyl (C=O) groups is 2. The number of aryl methyl sites for hydroxylation is 2. The molecule has 0 N–H and O–H groups in total. The number of nitrogens with zero attached hydrogens (tertiary/aromatic N) is 3. The van der Waals surface area contributed by atoms with Gasteiger partial charge in [-0.15, -0.1) is 0 Å². The molecule has 0 spiro atoms. The van der Waals surface area contributed by atoms with Gasteiger partial charge in [0.25, 0.3) is 5.91 Å². The molecular formula is C35H33N3O3. The third-order valence-electron chi connectivity index (χ3n) is 7.13. The van der Waals surface area contributed by atoms with Crippen molar-refractivity contribution in [3.8, 4) is 0 Å². The third kappa shape index (κ3) is 6.61. The second-order valence-electron chi connectivity index (χ2n) is 10.3. The van der Waals surface area contributed by atoms with Crippen LogP contribution in [0.15, 0.2) is 120 Å². The molecule has 206 valence electrons. The highest BCUT2D eigenvalue weighted by Crippen LogP contribution is 2.31. The van der Waals surface area contributed by atoms with E-state index in [1.54, 1.807) is 24.3 Å². The Morgan fingerprint density at radius 1 is 0.780 bits per heavy atom. The van der Waals surface area contributed by atoms with Gasteiger partial charge in [0.2, 0.25) is 5.96 Å². The van der Waals surface area contributed by atoms with Gasteiger partial charge < -0.3 is 9.64 Å². The Hall–Kier alpha value is -4.97. The Kier molecular flexibility index (Phi) is 8.39. The van der Waals surface area contributed by atoms with E-state index in [1.807, 2.05) is 85.6 Å². The molecule has 0 bridgehead atoms. The highest BCUT2D eigenvalue weighted by molar-refractivity contribution is 6.08. The van der Waals surface area contributed by atoms with Crippen LogP contribution in [-0.2, 0) is 17.8 Å². The Balaban J connectivity index is 1.59. The summed E-state index contributed by atoms with van der Waals surface area (Å²) in [5, 5.41) is 0. The lowest BCUT2D eigenvalue weighted by molar-refractivity contribution is 0.0999. The largest absolute Gasteiger partial charge is 0.444 e. The Morgan fingerprint density at radius 3 is 2.00 bits per heavy atom. The van der Waals surface area contributed by atoms with Crippen LogP contribution in [0.1, 0.15) is 38.2 Å². The minimum absolute atomic E-state index is 0.0975. The fourth-order valence-corrected chi connectivity index (χ4v) is 4.78. The standard InChI is InChI=1S/C35H33N3O3/c1-25-14-18-27(19-15-25)22-31-32(23-28-20-16-26(2)17-21-28)38(35(40)41-24-29-10-6-4-7-11-29)34(37(31)3)36-33(39)30-12-8-5-9-13-30/h4-21,23,31H,22,24H2,1-3H3/b32-23-,36-34-. The summed E-state index contributed by atoms with van der Waals surface area (Å²) in [6, 6.07) is 34.6. The van der Waals surface area contributed by atoms with Crippen LogP contribution in [0.25, 0.3) is 6.08 Å². The van der Waals surface area contributed by atoms with Gasteiger partial charge in [-0.3, -0.25) is 4.79 Å². The normalized spacial score (nSPS) is 16.8. The highest BCUT2D eigenvalue weighted by Gasteiger charge is 2.43. The molecule has 1 saturated heterocycles. The SMILES string of the molecule is Cc1ccc(/C=C2/C(Cc3ccc(C)cc3)N(C)/C(=N/C(=O)c3ccccc3)N2C(=O)OCc2ccccc2)cc1. The average molecular weight is 544 g/mol. The van der Waals surface area contributed by atoms with Crippen molar-refractivity contribution in [3.05, 3.63) is 148 Å². The van der Waals surface area contributed by atoms with Crippen molar-refractivity contribution in [3.63, 3.8) is 0 Å². The summed E-state index contributed by atoms with van der Waals surface area (Å²) in [5.41, 5.74) is 6.35. The maximum absolute atomic E-state index is 13.8. The monoisotopic (exact) mass is 543 g/mol. The zero-order chi connectivity index (χ0) is 28.8. The summed E-state index contributed by atoms with van der Waals surface area (Å²) in [7, 11) is 1.86. The van der Waals surface area contributed by atoms with E-state index in [-0.39, 0.29) is 18.6 Å². The van der Waals surface area contributed by atoms with Crippen LogP contribution in [0.5, 0.6) is 0 Å². The van der Waals surface area contributed by atoms with Crippen molar-refractivity contribution in [1.82, 2.24) is 9.80 Å². The molecule has 41 heavy (non-hydrogen) atoms. The lowest BCUT2D eigenvalue weighted by Gasteiger charge is -2.20. The van der Waals surface area contributed by atoms with E-state index in [0.717, 1.165) is 22.3 Å². The molecule has 2 amide bonds. The Bertz CT molecular complexity index is 1560. The van der Waals surface area contributed by atoms with Crippen LogP contribution in [0.4, 0.5) is 4.79 Å². The molecule has 6 heteroatoms. The van der Waals surface area contributed by atoms with Gasteiger partial charge in [-0.1, -0.05) is 108 Å². The van der Waals surface area contributed by atoms with Crippen molar-refractivity contribution in [2.24, 2.45) is 4.99 Å². The summed E-state index contributed by atoms with van der Waals surface area (Å²) >= 11 is 0. The summed E-state index contributed by atoms with van der Waals surface area (Å²) in [6.07, 6.45) is 1.99. The van der Waals surface area contributed by atoms with Gasteiger partial charge >= 0.3 is 6.09 Å². The van der Waals surface area contributed by atoms with Crippen molar-refractivity contribution < 1.29 is 14.3 Å². The fraction of sp³-hybridized carbons (Fsp3) is 0.171. The zero-order valence-corrected chi connectivity index (χ0v) is 23.5. The maximum atomic E-state index is 13.8. The van der Waals surface area contributed by atoms with E-state index in [9.17, 15) is 9.59 Å². The first-order valence-corrected chi connectivity index (χ1v) is 13.6. The van der Waals surface area contributed by atoms with E-state index in [0.29, 0.717) is 17.7 Å². The number of likely N-dealkylation sites (N-methyl/N-ethyl adjacent to an activating group) is 1. The lowest BCUT2D eigenvalue weighted by Crippen LogP contribution is -2.37. The van der Waals surface area contributed by atoms with Gasteiger partial charge in [-0.2, -0.15) is 4.99 Å². The van der Waals surface area contributed by atoms with Crippen LogP contribution in [-0.4, -0.2) is 40.8 Å². The summed E-state index contributed by atoms with van der Waals surface area (Å²) in [6.45, 7) is 4.19. The number of benzene rings is 4.